The Morgan fingerprint density at radius 1 is 1.03 bits per heavy atom. The molecule has 7 nitrogen and oxygen atoms in total. The van der Waals surface area contributed by atoms with Crippen LogP contribution in [-0.2, 0) is 14.8 Å². The van der Waals surface area contributed by atoms with Gasteiger partial charge in [0.05, 0.1) is 15.8 Å². The molecule has 2 aromatic carbocycles. The van der Waals surface area contributed by atoms with Crippen LogP contribution in [0.3, 0.4) is 0 Å². The first-order chi connectivity index (χ1) is 14.4. The lowest BCUT2D eigenvalue weighted by atomic mass is 10.1. The summed E-state index contributed by atoms with van der Waals surface area (Å²) in [6.45, 7) is 1.07. The van der Waals surface area contributed by atoms with Gasteiger partial charge in [-0.15, -0.1) is 0 Å². The first kappa shape index (κ1) is 20.1. The van der Waals surface area contributed by atoms with Crippen LogP contribution in [0.25, 0.3) is 17.0 Å². The number of amides is 1. The number of anilines is 1. The maximum absolute atomic E-state index is 12.5. The average molecular weight is 424 g/mol. The van der Waals surface area contributed by atoms with Gasteiger partial charge in [-0.25, -0.2) is 8.42 Å². The van der Waals surface area contributed by atoms with Gasteiger partial charge in [0.15, 0.2) is 5.43 Å². The number of fused-ring (bicyclic) bond motifs is 1. The smallest absolute Gasteiger partial charge is 0.248 e. The highest BCUT2D eigenvalue weighted by Crippen LogP contribution is 2.22. The molecule has 0 aliphatic carbocycles. The second kappa shape index (κ2) is 8.25. The Labute approximate surface area is 173 Å². The van der Waals surface area contributed by atoms with Crippen molar-refractivity contribution < 1.29 is 17.6 Å². The van der Waals surface area contributed by atoms with Crippen LogP contribution < -0.4 is 10.7 Å². The van der Waals surface area contributed by atoms with Crippen LogP contribution in [0.5, 0.6) is 0 Å². The van der Waals surface area contributed by atoms with Gasteiger partial charge in [0.25, 0.3) is 0 Å². The minimum absolute atomic E-state index is 0.201. The fourth-order valence-electron chi connectivity index (χ4n) is 3.35. The van der Waals surface area contributed by atoms with Crippen molar-refractivity contribution >= 4 is 38.7 Å². The van der Waals surface area contributed by atoms with E-state index in [4.69, 9.17) is 4.42 Å². The molecular weight excluding hydrogens is 404 g/mol. The average Bonchev–Trinajstić information content (AvgIpc) is 3.30. The third-order valence-corrected chi connectivity index (χ3v) is 6.86. The van der Waals surface area contributed by atoms with E-state index in [1.807, 2.05) is 0 Å². The number of sulfonamides is 1. The quantitative estimate of drug-likeness (QED) is 0.635. The Morgan fingerprint density at radius 2 is 1.73 bits per heavy atom. The number of hydrogen-bond donors (Lipinski definition) is 1. The summed E-state index contributed by atoms with van der Waals surface area (Å²) in [6, 6.07) is 12.9. The second-order valence-electron chi connectivity index (χ2n) is 6.97. The number of benzene rings is 2. The zero-order chi connectivity index (χ0) is 21.1. The molecule has 154 valence electrons. The van der Waals surface area contributed by atoms with Crippen LogP contribution in [-0.4, -0.2) is 31.7 Å². The molecule has 1 N–H and O–H groups in total. The standard InChI is InChI=1S/C22H20N2O5S/c25-21(12-7-16-15-29-20-6-2-1-5-19(20)22(16)26)23-17-8-10-18(11-9-17)30(27,28)24-13-3-4-14-24/h1-2,5-12,15H,3-4,13-14H2,(H,23,25)/b12-7+. The van der Waals surface area contributed by atoms with Gasteiger partial charge in [0.1, 0.15) is 11.8 Å². The van der Waals surface area contributed by atoms with Gasteiger partial charge in [-0.2, -0.15) is 4.31 Å². The highest BCUT2D eigenvalue weighted by Gasteiger charge is 2.26. The van der Waals surface area contributed by atoms with Gasteiger partial charge in [-0.3, -0.25) is 9.59 Å². The maximum atomic E-state index is 12.5. The van der Waals surface area contributed by atoms with E-state index in [9.17, 15) is 18.0 Å². The monoisotopic (exact) mass is 424 g/mol. The van der Waals surface area contributed by atoms with Crippen molar-refractivity contribution in [3.05, 3.63) is 76.7 Å². The minimum atomic E-state index is -3.49. The molecule has 4 rings (SSSR count). The SMILES string of the molecule is O=C(/C=C/c1coc2ccccc2c1=O)Nc1ccc(S(=O)(=O)N2CCCC2)cc1. The first-order valence-corrected chi connectivity index (χ1v) is 11.0. The van der Waals surface area contributed by atoms with Crippen molar-refractivity contribution in [2.24, 2.45) is 0 Å². The van der Waals surface area contributed by atoms with Crippen LogP contribution in [0.4, 0.5) is 5.69 Å². The number of hydrogen-bond acceptors (Lipinski definition) is 5. The van der Waals surface area contributed by atoms with E-state index in [0.29, 0.717) is 29.7 Å². The van der Waals surface area contributed by atoms with E-state index in [1.165, 1.54) is 34.9 Å². The molecule has 0 radical (unpaired) electrons. The van der Waals surface area contributed by atoms with Gasteiger partial charge in [-0.1, -0.05) is 12.1 Å². The fourth-order valence-corrected chi connectivity index (χ4v) is 4.86. The molecule has 0 atom stereocenters. The van der Waals surface area contributed by atoms with Crippen LogP contribution >= 0.6 is 0 Å². The lowest BCUT2D eigenvalue weighted by Gasteiger charge is -2.15. The molecule has 1 aromatic heterocycles. The number of nitrogens with zero attached hydrogens (tertiary/aromatic N) is 1. The fraction of sp³-hybridized carbons (Fsp3) is 0.182. The van der Waals surface area contributed by atoms with Crippen molar-refractivity contribution in [3.63, 3.8) is 0 Å². The van der Waals surface area contributed by atoms with E-state index < -0.39 is 15.9 Å². The molecular formula is C22H20N2O5S. The normalized spacial score (nSPS) is 15.1. The predicted octanol–water partition coefficient (Wildman–Crippen LogP) is 3.23. The lowest BCUT2D eigenvalue weighted by Crippen LogP contribution is -2.27. The zero-order valence-electron chi connectivity index (χ0n) is 16.1. The molecule has 0 unspecified atom stereocenters. The number of para-hydroxylation sites is 1. The molecule has 8 heteroatoms. The Kier molecular flexibility index (Phi) is 5.52. The van der Waals surface area contributed by atoms with Crippen LogP contribution in [0, 0.1) is 0 Å². The summed E-state index contributed by atoms with van der Waals surface area (Å²) in [5, 5.41) is 3.09. The third-order valence-electron chi connectivity index (χ3n) is 4.95. The summed E-state index contributed by atoms with van der Waals surface area (Å²) in [5.41, 5.74) is 0.969. The van der Waals surface area contributed by atoms with Crippen molar-refractivity contribution in [1.82, 2.24) is 4.31 Å². The summed E-state index contributed by atoms with van der Waals surface area (Å²) in [5.74, 6) is -0.447. The highest BCUT2D eigenvalue weighted by molar-refractivity contribution is 7.89. The van der Waals surface area contributed by atoms with E-state index in [1.54, 1.807) is 36.4 Å². The number of nitrogens with one attached hydrogen (secondary N) is 1. The second-order valence-corrected chi connectivity index (χ2v) is 8.91. The number of carbonyl (C=O) groups is 1. The summed E-state index contributed by atoms with van der Waals surface area (Å²) in [6.07, 6.45) is 5.67. The van der Waals surface area contributed by atoms with Crippen LogP contribution in [0.2, 0.25) is 0 Å². The van der Waals surface area contributed by atoms with Gasteiger partial charge < -0.3 is 9.73 Å². The lowest BCUT2D eigenvalue weighted by molar-refractivity contribution is -0.111. The van der Waals surface area contributed by atoms with Gasteiger partial charge in [-0.05, 0) is 55.3 Å². The summed E-state index contributed by atoms with van der Waals surface area (Å²) in [4.78, 5) is 24.8. The Hall–Kier alpha value is -3.23. The van der Waals surface area contributed by atoms with Crippen molar-refractivity contribution in [2.75, 3.05) is 18.4 Å². The topological polar surface area (TPSA) is 96.7 Å². The third kappa shape index (κ3) is 4.05. The molecule has 0 bridgehead atoms. The molecule has 30 heavy (non-hydrogen) atoms. The Balaban J connectivity index is 1.45. The predicted molar refractivity (Wildman–Crippen MR) is 115 cm³/mol. The largest absolute Gasteiger partial charge is 0.463 e. The molecule has 1 amide bonds. The maximum Gasteiger partial charge on any atom is 0.248 e. The van der Waals surface area contributed by atoms with Crippen LogP contribution in [0.15, 0.2) is 75.0 Å². The molecule has 1 saturated heterocycles. The van der Waals surface area contributed by atoms with Crippen molar-refractivity contribution in [2.45, 2.75) is 17.7 Å². The zero-order valence-corrected chi connectivity index (χ0v) is 16.9. The molecule has 0 spiro atoms. The molecule has 3 aromatic rings. The van der Waals surface area contributed by atoms with E-state index in [-0.39, 0.29) is 15.9 Å². The molecule has 1 aliphatic heterocycles. The highest BCUT2D eigenvalue weighted by atomic mass is 32.2. The molecule has 1 fully saturated rings. The summed E-state index contributed by atoms with van der Waals surface area (Å²) < 4.78 is 32.0. The van der Waals surface area contributed by atoms with Crippen LogP contribution in [0.1, 0.15) is 18.4 Å². The number of rotatable bonds is 5. The van der Waals surface area contributed by atoms with E-state index in [2.05, 4.69) is 5.32 Å². The first-order valence-electron chi connectivity index (χ1n) is 9.55. The van der Waals surface area contributed by atoms with Gasteiger partial charge in [0, 0.05) is 24.9 Å². The van der Waals surface area contributed by atoms with Gasteiger partial charge >= 0.3 is 0 Å². The summed E-state index contributed by atoms with van der Waals surface area (Å²) >= 11 is 0. The molecule has 2 heterocycles. The Morgan fingerprint density at radius 3 is 2.47 bits per heavy atom. The van der Waals surface area contributed by atoms with Crippen molar-refractivity contribution in [1.29, 1.82) is 0 Å². The molecule has 1 aliphatic rings. The molecule has 0 saturated carbocycles. The van der Waals surface area contributed by atoms with Crippen molar-refractivity contribution in [3.8, 4) is 0 Å². The minimum Gasteiger partial charge on any atom is -0.463 e. The Bertz CT molecular complexity index is 1270. The van der Waals surface area contributed by atoms with E-state index >= 15 is 0 Å². The van der Waals surface area contributed by atoms with Gasteiger partial charge in [0.2, 0.25) is 15.9 Å². The summed E-state index contributed by atoms with van der Waals surface area (Å²) in [7, 11) is -3.49. The van der Waals surface area contributed by atoms with E-state index in [0.717, 1.165) is 12.8 Å². The number of carbonyl (C=O) groups excluding carboxylic acids is 1.